The highest BCUT2D eigenvalue weighted by Gasteiger charge is 2.17. The molecule has 2 aromatic rings. The first-order valence-electron chi connectivity index (χ1n) is 7.38. The highest BCUT2D eigenvalue weighted by molar-refractivity contribution is 5.09. The highest BCUT2D eigenvalue weighted by atomic mass is 15.3. The van der Waals surface area contributed by atoms with E-state index in [1.54, 1.807) is 18.6 Å². The summed E-state index contributed by atoms with van der Waals surface area (Å²) in [7, 11) is 0. The van der Waals surface area contributed by atoms with Crippen LogP contribution < -0.4 is 5.73 Å². The molecule has 1 fully saturated rings. The van der Waals surface area contributed by atoms with Gasteiger partial charge in [0.15, 0.2) is 0 Å². The second-order valence-corrected chi connectivity index (χ2v) is 5.52. The van der Waals surface area contributed by atoms with Crippen molar-refractivity contribution in [1.82, 2.24) is 19.7 Å². The van der Waals surface area contributed by atoms with E-state index in [0.717, 1.165) is 11.4 Å². The standard InChI is InChI=1S/C15H21N5/c16-14(15-11-17-7-8-18-15)10-12-6-9-20(19-12)13-4-2-1-3-5-13/h6-9,11,13-14H,1-5,10,16H2. The lowest BCUT2D eigenvalue weighted by Crippen LogP contribution is -2.17. The van der Waals surface area contributed by atoms with Gasteiger partial charge < -0.3 is 5.73 Å². The summed E-state index contributed by atoms with van der Waals surface area (Å²) in [4.78, 5) is 8.31. The molecule has 0 bridgehead atoms. The van der Waals surface area contributed by atoms with E-state index in [0.29, 0.717) is 12.5 Å². The van der Waals surface area contributed by atoms with Crippen LogP contribution >= 0.6 is 0 Å². The summed E-state index contributed by atoms with van der Waals surface area (Å²) >= 11 is 0. The number of aromatic nitrogens is 4. The molecule has 2 heterocycles. The minimum atomic E-state index is -0.140. The van der Waals surface area contributed by atoms with E-state index >= 15 is 0 Å². The maximum Gasteiger partial charge on any atom is 0.0757 e. The largest absolute Gasteiger partial charge is 0.322 e. The van der Waals surface area contributed by atoms with E-state index in [1.165, 1.54) is 32.1 Å². The van der Waals surface area contributed by atoms with Crippen molar-refractivity contribution in [3.63, 3.8) is 0 Å². The van der Waals surface area contributed by atoms with Gasteiger partial charge in [-0.25, -0.2) is 0 Å². The number of rotatable bonds is 4. The van der Waals surface area contributed by atoms with Gasteiger partial charge in [0.1, 0.15) is 0 Å². The average Bonchev–Trinajstić information content (AvgIpc) is 2.97. The van der Waals surface area contributed by atoms with Crippen LogP contribution in [-0.2, 0) is 6.42 Å². The fourth-order valence-corrected chi connectivity index (χ4v) is 2.87. The molecule has 5 heteroatoms. The molecule has 1 aliphatic carbocycles. The van der Waals surface area contributed by atoms with Gasteiger partial charge in [-0.3, -0.25) is 14.6 Å². The molecule has 0 aromatic carbocycles. The number of hydrogen-bond donors (Lipinski definition) is 1. The summed E-state index contributed by atoms with van der Waals surface area (Å²) in [5, 5.41) is 4.69. The van der Waals surface area contributed by atoms with Gasteiger partial charge in [0.2, 0.25) is 0 Å². The zero-order chi connectivity index (χ0) is 13.8. The van der Waals surface area contributed by atoms with E-state index in [2.05, 4.69) is 32.0 Å². The molecular formula is C15H21N5. The molecule has 1 aliphatic rings. The molecule has 2 aromatic heterocycles. The Labute approximate surface area is 119 Å². The first kappa shape index (κ1) is 13.2. The summed E-state index contributed by atoms with van der Waals surface area (Å²) in [6.07, 6.45) is 14.4. The third-order valence-corrected chi connectivity index (χ3v) is 4.00. The van der Waals surface area contributed by atoms with Crippen molar-refractivity contribution in [3.05, 3.63) is 42.2 Å². The average molecular weight is 271 g/mol. The van der Waals surface area contributed by atoms with Crippen molar-refractivity contribution < 1.29 is 0 Å². The Morgan fingerprint density at radius 3 is 2.85 bits per heavy atom. The smallest absolute Gasteiger partial charge is 0.0757 e. The zero-order valence-corrected chi connectivity index (χ0v) is 11.7. The van der Waals surface area contributed by atoms with Gasteiger partial charge in [0.25, 0.3) is 0 Å². The van der Waals surface area contributed by atoms with Gasteiger partial charge in [-0.05, 0) is 18.9 Å². The lowest BCUT2D eigenvalue weighted by molar-refractivity contribution is 0.328. The first-order valence-corrected chi connectivity index (χ1v) is 7.38. The topological polar surface area (TPSA) is 69.6 Å². The first-order chi connectivity index (χ1) is 9.83. The van der Waals surface area contributed by atoms with E-state index in [-0.39, 0.29) is 6.04 Å². The molecule has 0 radical (unpaired) electrons. The van der Waals surface area contributed by atoms with Crippen molar-refractivity contribution in [2.45, 2.75) is 50.6 Å². The molecule has 1 saturated carbocycles. The van der Waals surface area contributed by atoms with Crippen molar-refractivity contribution in [2.75, 3.05) is 0 Å². The van der Waals surface area contributed by atoms with Crippen molar-refractivity contribution >= 4 is 0 Å². The SMILES string of the molecule is NC(Cc1ccn(C2CCCCC2)n1)c1cnccn1. The maximum atomic E-state index is 6.16. The van der Waals surface area contributed by atoms with Crippen LogP contribution in [0.25, 0.3) is 0 Å². The van der Waals surface area contributed by atoms with Gasteiger partial charge >= 0.3 is 0 Å². The predicted molar refractivity (Wildman–Crippen MR) is 77.0 cm³/mol. The summed E-state index contributed by atoms with van der Waals surface area (Å²) in [5.74, 6) is 0. The maximum absolute atomic E-state index is 6.16. The minimum Gasteiger partial charge on any atom is -0.322 e. The van der Waals surface area contributed by atoms with Gasteiger partial charge in [-0.1, -0.05) is 19.3 Å². The Kier molecular flexibility index (Phi) is 4.06. The van der Waals surface area contributed by atoms with Crippen LogP contribution in [0.4, 0.5) is 0 Å². The quantitative estimate of drug-likeness (QED) is 0.927. The lowest BCUT2D eigenvalue weighted by atomic mass is 9.96. The van der Waals surface area contributed by atoms with Crippen LogP contribution in [0.15, 0.2) is 30.9 Å². The zero-order valence-electron chi connectivity index (χ0n) is 11.7. The van der Waals surface area contributed by atoms with E-state index in [9.17, 15) is 0 Å². The molecular weight excluding hydrogens is 250 g/mol. The van der Waals surface area contributed by atoms with Crippen LogP contribution in [0.5, 0.6) is 0 Å². The summed E-state index contributed by atoms with van der Waals surface area (Å²) in [6, 6.07) is 2.51. The number of nitrogens with two attached hydrogens (primary N) is 1. The molecule has 0 amide bonds. The monoisotopic (exact) mass is 271 g/mol. The Hall–Kier alpha value is -1.75. The molecule has 2 N–H and O–H groups in total. The van der Waals surface area contributed by atoms with Gasteiger partial charge in [0, 0.05) is 31.2 Å². The third-order valence-electron chi connectivity index (χ3n) is 4.00. The van der Waals surface area contributed by atoms with Crippen LogP contribution in [0.3, 0.4) is 0 Å². The normalized spacial score (nSPS) is 18.1. The molecule has 3 rings (SSSR count). The predicted octanol–water partition coefficient (Wildman–Crippen LogP) is 2.42. The van der Waals surface area contributed by atoms with Crippen molar-refractivity contribution in [3.8, 4) is 0 Å². The van der Waals surface area contributed by atoms with Gasteiger partial charge in [0.05, 0.1) is 23.5 Å². The second-order valence-electron chi connectivity index (χ2n) is 5.52. The number of nitrogens with zero attached hydrogens (tertiary/aromatic N) is 4. The molecule has 1 atom stereocenters. The Balaban J connectivity index is 1.65. The Morgan fingerprint density at radius 1 is 1.25 bits per heavy atom. The Morgan fingerprint density at radius 2 is 2.10 bits per heavy atom. The van der Waals surface area contributed by atoms with Crippen LogP contribution in [-0.4, -0.2) is 19.7 Å². The minimum absolute atomic E-state index is 0.140. The Bertz CT molecular complexity index is 530. The van der Waals surface area contributed by atoms with E-state index in [1.807, 2.05) is 0 Å². The van der Waals surface area contributed by atoms with Crippen molar-refractivity contribution in [2.24, 2.45) is 5.73 Å². The lowest BCUT2D eigenvalue weighted by Gasteiger charge is -2.21. The molecule has 0 aliphatic heterocycles. The summed E-state index contributed by atoms with van der Waals surface area (Å²) in [6.45, 7) is 0. The molecule has 20 heavy (non-hydrogen) atoms. The third kappa shape index (κ3) is 3.04. The van der Waals surface area contributed by atoms with Crippen LogP contribution in [0, 0.1) is 0 Å². The fraction of sp³-hybridized carbons (Fsp3) is 0.533. The summed E-state index contributed by atoms with van der Waals surface area (Å²) in [5.41, 5.74) is 8.02. The highest BCUT2D eigenvalue weighted by Crippen LogP contribution is 2.27. The molecule has 0 spiro atoms. The van der Waals surface area contributed by atoms with Crippen LogP contribution in [0.1, 0.15) is 55.6 Å². The fourth-order valence-electron chi connectivity index (χ4n) is 2.87. The summed E-state index contributed by atoms with van der Waals surface area (Å²) < 4.78 is 2.12. The number of hydrogen-bond acceptors (Lipinski definition) is 4. The van der Waals surface area contributed by atoms with E-state index < -0.39 is 0 Å². The van der Waals surface area contributed by atoms with Crippen LogP contribution in [0.2, 0.25) is 0 Å². The van der Waals surface area contributed by atoms with Gasteiger partial charge in [-0.2, -0.15) is 5.10 Å². The second kappa shape index (κ2) is 6.13. The van der Waals surface area contributed by atoms with Crippen molar-refractivity contribution in [1.29, 1.82) is 0 Å². The molecule has 106 valence electrons. The molecule has 1 unspecified atom stereocenters. The molecule has 5 nitrogen and oxygen atoms in total. The molecule has 0 saturated heterocycles. The van der Waals surface area contributed by atoms with Gasteiger partial charge in [-0.15, -0.1) is 0 Å². The van der Waals surface area contributed by atoms with E-state index in [4.69, 9.17) is 5.73 Å².